The summed E-state index contributed by atoms with van der Waals surface area (Å²) in [5, 5.41) is 0. The molecule has 4 aromatic rings. The van der Waals surface area contributed by atoms with E-state index in [9.17, 15) is 4.79 Å². The molecule has 180 valence electrons. The maximum Gasteiger partial charge on any atom is 0.261 e. The second-order valence-corrected chi connectivity index (χ2v) is 9.40. The van der Waals surface area contributed by atoms with E-state index in [4.69, 9.17) is 9.72 Å². The van der Waals surface area contributed by atoms with Crippen LogP contribution >= 0.6 is 0 Å². The van der Waals surface area contributed by atoms with Crippen LogP contribution in [0.1, 0.15) is 59.1 Å². The molecule has 0 aliphatic carbocycles. The lowest BCUT2D eigenvalue weighted by molar-refractivity contribution is 0.300. The first-order valence-electron chi connectivity index (χ1n) is 11.9. The summed E-state index contributed by atoms with van der Waals surface area (Å²) >= 11 is 0. The minimum atomic E-state index is -0.105. The smallest absolute Gasteiger partial charge is 0.261 e. The van der Waals surface area contributed by atoms with E-state index < -0.39 is 0 Å². The van der Waals surface area contributed by atoms with Crippen molar-refractivity contribution in [2.45, 2.75) is 61.0 Å². The predicted molar refractivity (Wildman–Crippen MR) is 139 cm³/mol. The molecule has 0 atom stereocenters. The minimum Gasteiger partial charge on any atom is -0.488 e. The number of ether oxygens (including phenoxy) is 1. The van der Waals surface area contributed by atoms with Crippen molar-refractivity contribution in [3.05, 3.63) is 98.5 Å². The number of rotatable bonds is 6. The van der Waals surface area contributed by atoms with Crippen LogP contribution < -0.4 is 10.3 Å². The highest BCUT2D eigenvalue weighted by atomic mass is 16.5. The monoisotopic (exact) mass is 468 g/mol. The number of benzene rings is 1. The van der Waals surface area contributed by atoms with Gasteiger partial charge in [-0.15, -0.1) is 0 Å². The molecule has 0 fully saturated rings. The molecule has 3 heterocycles. The lowest BCUT2D eigenvalue weighted by Crippen LogP contribution is -2.25. The van der Waals surface area contributed by atoms with E-state index >= 15 is 0 Å². The third kappa shape index (κ3) is 4.87. The lowest BCUT2D eigenvalue weighted by Gasteiger charge is -2.19. The van der Waals surface area contributed by atoms with Gasteiger partial charge in [-0.05, 0) is 57.9 Å². The highest BCUT2D eigenvalue weighted by Gasteiger charge is 2.18. The normalized spacial score (nSPS) is 11.2. The van der Waals surface area contributed by atoms with Gasteiger partial charge in [0.15, 0.2) is 0 Å². The van der Waals surface area contributed by atoms with Gasteiger partial charge < -0.3 is 4.74 Å². The zero-order valence-corrected chi connectivity index (χ0v) is 21.5. The Morgan fingerprint density at radius 3 is 2.46 bits per heavy atom. The fraction of sp³-hybridized carbons (Fsp3) is 0.310. The molecule has 35 heavy (non-hydrogen) atoms. The van der Waals surface area contributed by atoms with Gasteiger partial charge in [-0.3, -0.25) is 14.3 Å². The molecule has 0 bridgehead atoms. The van der Waals surface area contributed by atoms with Gasteiger partial charge in [0.25, 0.3) is 5.56 Å². The van der Waals surface area contributed by atoms with Crippen LogP contribution in [0.4, 0.5) is 0 Å². The van der Waals surface area contributed by atoms with E-state index in [2.05, 4.69) is 42.9 Å². The molecule has 0 aliphatic rings. The van der Waals surface area contributed by atoms with Crippen molar-refractivity contribution in [3.8, 4) is 22.8 Å². The largest absolute Gasteiger partial charge is 0.488 e. The molecular weight excluding hydrogens is 436 g/mol. The molecule has 4 rings (SSSR count). The molecule has 1 aromatic carbocycles. The van der Waals surface area contributed by atoms with Crippen molar-refractivity contribution in [3.63, 3.8) is 0 Å². The zero-order valence-electron chi connectivity index (χ0n) is 21.5. The summed E-state index contributed by atoms with van der Waals surface area (Å²) in [4.78, 5) is 27.3. The van der Waals surface area contributed by atoms with E-state index in [-0.39, 0.29) is 11.5 Å². The first-order chi connectivity index (χ1) is 16.7. The summed E-state index contributed by atoms with van der Waals surface area (Å²) in [6.45, 7) is 14.3. The molecule has 6 heteroatoms. The standard InChI is InChI=1S/C29H32N4O2/c1-17(2)28-31-15-19(4)26(32-28)25-14-24(11-12-30-25)33-22(7)20(5)27(21(6)29(33)34)35-16-23-10-8-9-18(3)13-23/h8-15,17H,16H2,1-7H3. The predicted octanol–water partition coefficient (Wildman–Crippen LogP) is 5.93. The molecule has 0 unspecified atom stereocenters. The van der Waals surface area contributed by atoms with Crippen LogP contribution in [0.15, 0.2) is 53.6 Å². The van der Waals surface area contributed by atoms with E-state index in [1.165, 1.54) is 5.56 Å². The highest BCUT2D eigenvalue weighted by molar-refractivity contribution is 5.61. The Labute approximate surface area is 206 Å². The average Bonchev–Trinajstić information content (AvgIpc) is 2.83. The molecule has 0 saturated heterocycles. The van der Waals surface area contributed by atoms with Gasteiger partial charge in [-0.2, -0.15) is 0 Å². The number of pyridine rings is 2. The van der Waals surface area contributed by atoms with Crippen molar-refractivity contribution in [2.24, 2.45) is 0 Å². The summed E-state index contributed by atoms with van der Waals surface area (Å²) in [6, 6.07) is 12.0. The molecular formula is C29H32N4O2. The minimum absolute atomic E-state index is 0.105. The molecule has 3 aromatic heterocycles. The molecule has 0 aliphatic heterocycles. The first-order valence-corrected chi connectivity index (χ1v) is 11.9. The summed E-state index contributed by atoms with van der Waals surface area (Å²) in [5.74, 6) is 1.63. The average molecular weight is 469 g/mol. The fourth-order valence-electron chi connectivity index (χ4n) is 4.20. The van der Waals surface area contributed by atoms with Gasteiger partial charge in [0.2, 0.25) is 0 Å². The van der Waals surface area contributed by atoms with Gasteiger partial charge in [-0.25, -0.2) is 9.97 Å². The van der Waals surface area contributed by atoms with Crippen LogP contribution in [0, 0.1) is 34.6 Å². The van der Waals surface area contributed by atoms with Gasteiger partial charge in [0.05, 0.1) is 22.6 Å². The number of nitrogens with zero attached hydrogens (tertiary/aromatic N) is 4. The molecule has 6 nitrogen and oxygen atoms in total. The van der Waals surface area contributed by atoms with Gasteiger partial charge >= 0.3 is 0 Å². The molecule has 0 amide bonds. The van der Waals surface area contributed by atoms with E-state index in [1.807, 2.05) is 58.2 Å². The van der Waals surface area contributed by atoms with Gasteiger partial charge in [-0.1, -0.05) is 43.7 Å². The van der Waals surface area contributed by atoms with E-state index in [0.29, 0.717) is 23.6 Å². The third-order valence-corrected chi connectivity index (χ3v) is 6.30. The highest BCUT2D eigenvalue weighted by Crippen LogP contribution is 2.28. The summed E-state index contributed by atoms with van der Waals surface area (Å²) in [6.07, 6.45) is 3.55. The Hall–Kier alpha value is -3.80. The lowest BCUT2D eigenvalue weighted by atomic mass is 10.1. The van der Waals surface area contributed by atoms with Crippen LogP contribution in [0.3, 0.4) is 0 Å². The summed E-state index contributed by atoms with van der Waals surface area (Å²) in [5.41, 5.74) is 7.69. The molecule has 0 N–H and O–H groups in total. The van der Waals surface area contributed by atoms with Crippen LogP contribution in [0.2, 0.25) is 0 Å². The van der Waals surface area contributed by atoms with Crippen molar-refractivity contribution < 1.29 is 4.74 Å². The van der Waals surface area contributed by atoms with Gasteiger partial charge in [0, 0.05) is 29.6 Å². The second-order valence-electron chi connectivity index (χ2n) is 9.40. The van der Waals surface area contributed by atoms with Crippen LogP contribution in [0.25, 0.3) is 17.1 Å². The summed E-state index contributed by atoms with van der Waals surface area (Å²) < 4.78 is 7.89. The molecule has 0 spiro atoms. The summed E-state index contributed by atoms with van der Waals surface area (Å²) in [7, 11) is 0. The quantitative estimate of drug-likeness (QED) is 0.351. The third-order valence-electron chi connectivity index (χ3n) is 6.30. The van der Waals surface area contributed by atoms with E-state index in [0.717, 1.165) is 39.6 Å². The SMILES string of the molecule is Cc1cccc(COc2c(C)c(C)n(-c3ccnc(-c4nc(C(C)C)ncc4C)c3)c(=O)c2C)c1. The fourth-order valence-corrected chi connectivity index (χ4v) is 4.20. The number of aryl methyl sites for hydroxylation is 2. The Morgan fingerprint density at radius 1 is 0.971 bits per heavy atom. The number of aromatic nitrogens is 4. The van der Waals surface area contributed by atoms with Crippen LogP contribution in [-0.4, -0.2) is 19.5 Å². The topological polar surface area (TPSA) is 69.9 Å². The Balaban J connectivity index is 1.75. The van der Waals surface area contributed by atoms with Gasteiger partial charge in [0.1, 0.15) is 18.2 Å². The number of hydrogen-bond donors (Lipinski definition) is 0. The molecule has 0 radical (unpaired) electrons. The zero-order chi connectivity index (χ0) is 25.3. The first kappa shape index (κ1) is 24.3. The maximum absolute atomic E-state index is 13.5. The number of hydrogen-bond acceptors (Lipinski definition) is 5. The second kappa shape index (κ2) is 9.82. The van der Waals surface area contributed by atoms with Crippen molar-refractivity contribution in [1.82, 2.24) is 19.5 Å². The molecule has 0 saturated carbocycles. The van der Waals surface area contributed by atoms with E-state index in [1.54, 1.807) is 10.8 Å². The Kier molecular flexibility index (Phi) is 6.83. The Bertz CT molecular complexity index is 1450. The van der Waals surface area contributed by atoms with Crippen LogP contribution in [-0.2, 0) is 6.61 Å². The maximum atomic E-state index is 13.5. The Morgan fingerprint density at radius 2 is 1.74 bits per heavy atom. The van der Waals surface area contributed by atoms with Crippen LogP contribution in [0.5, 0.6) is 5.75 Å². The van der Waals surface area contributed by atoms with Crippen molar-refractivity contribution in [1.29, 1.82) is 0 Å². The van der Waals surface area contributed by atoms with Crippen molar-refractivity contribution >= 4 is 0 Å². The van der Waals surface area contributed by atoms with Crippen molar-refractivity contribution in [2.75, 3.05) is 0 Å².